The third kappa shape index (κ3) is 3.29. The van der Waals surface area contributed by atoms with Crippen molar-refractivity contribution in [1.82, 2.24) is 10.3 Å². The number of nitrogens with one attached hydrogen (secondary N) is 1. The molecule has 1 saturated heterocycles. The lowest BCUT2D eigenvalue weighted by molar-refractivity contribution is -0.0902. The van der Waals surface area contributed by atoms with Crippen LogP contribution in [0.3, 0.4) is 0 Å². The standard InChI is InChI=1S/C13H22N2O2S/c1-4-5-14-9(2)12-10(3)15-13(18-12)11-8-16-6-7-17-11/h9,11,14H,4-8H2,1-3H3. The van der Waals surface area contributed by atoms with Crippen molar-refractivity contribution in [2.24, 2.45) is 0 Å². The molecule has 0 bridgehead atoms. The van der Waals surface area contributed by atoms with Crippen molar-refractivity contribution in [3.63, 3.8) is 0 Å². The second-order valence-corrected chi connectivity index (χ2v) is 5.67. The summed E-state index contributed by atoms with van der Waals surface area (Å²) < 4.78 is 11.1. The zero-order valence-corrected chi connectivity index (χ0v) is 12.2. The van der Waals surface area contributed by atoms with Crippen LogP contribution in [0.4, 0.5) is 0 Å². The Bertz CT molecular complexity index is 375. The maximum absolute atomic E-state index is 5.70. The number of aromatic nitrogens is 1. The van der Waals surface area contributed by atoms with E-state index in [0.29, 0.717) is 25.9 Å². The van der Waals surface area contributed by atoms with Gasteiger partial charge < -0.3 is 14.8 Å². The quantitative estimate of drug-likeness (QED) is 0.893. The minimum atomic E-state index is 0.0228. The molecule has 0 radical (unpaired) electrons. The zero-order chi connectivity index (χ0) is 13.0. The Morgan fingerprint density at radius 3 is 3.00 bits per heavy atom. The minimum absolute atomic E-state index is 0.0228. The van der Waals surface area contributed by atoms with Crippen LogP contribution in [-0.2, 0) is 9.47 Å². The summed E-state index contributed by atoms with van der Waals surface area (Å²) >= 11 is 1.75. The van der Waals surface area contributed by atoms with Crippen LogP contribution in [0.1, 0.15) is 48.0 Å². The van der Waals surface area contributed by atoms with E-state index in [1.54, 1.807) is 11.3 Å². The molecule has 2 heterocycles. The van der Waals surface area contributed by atoms with E-state index in [-0.39, 0.29) is 6.10 Å². The second-order valence-electron chi connectivity index (χ2n) is 4.61. The first-order chi connectivity index (χ1) is 8.72. The molecule has 4 nitrogen and oxygen atoms in total. The fraction of sp³-hybridized carbons (Fsp3) is 0.769. The molecule has 0 saturated carbocycles. The molecule has 1 N–H and O–H groups in total. The summed E-state index contributed by atoms with van der Waals surface area (Å²) in [5, 5.41) is 4.55. The Hall–Kier alpha value is -0.490. The first kappa shape index (κ1) is 13.9. The maximum atomic E-state index is 5.70. The summed E-state index contributed by atoms with van der Waals surface area (Å²) in [5.74, 6) is 0. The van der Waals surface area contributed by atoms with Crippen LogP contribution in [0.15, 0.2) is 0 Å². The molecular formula is C13H22N2O2S. The van der Waals surface area contributed by atoms with Crippen molar-refractivity contribution in [3.8, 4) is 0 Å². The van der Waals surface area contributed by atoms with Crippen LogP contribution in [0, 0.1) is 6.92 Å². The Morgan fingerprint density at radius 2 is 2.33 bits per heavy atom. The summed E-state index contributed by atoms with van der Waals surface area (Å²) in [4.78, 5) is 5.95. The van der Waals surface area contributed by atoms with Crippen molar-refractivity contribution >= 4 is 11.3 Å². The molecular weight excluding hydrogens is 248 g/mol. The Balaban J connectivity index is 2.05. The topological polar surface area (TPSA) is 43.4 Å². The molecule has 0 aliphatic carbocycles. The Kier molecular flexibility index (Phi) is 5.12. The zero-order valence-electron chi connectivity index (χ0n) is 11.4. The molecule has 1 aromatic rings. The van der Waals surface area contributed by atoms with Crippen LogP contribution in [-0.4, -0.2) is 31.3 Å². The smallest absolute Gasteiger partial charge is 0.132 e. The van der Waals surface area contributed by atoms with Crippen molar-refractivity contribution in [2.75, 3.05) is 26.4 Å². The number of hydrogen-bond donors (Lipinski definition) is 1. The molecule has 1 aliphatic rings. The molecule has 1 fully saturated rings. The van der Waals surface area contributed by atoms with Gasteiger partial charge in [-0.15, -0.1) is 11.3 Å². The van der Waals surface area contributed by atoms with Gasteiger partial charge in [0.1, 0.15) is 11.1 Å². The highest BCUT2D eigenvalue weighted by atomic mass is 32.1. The van der Waals surface area contributed by atoms with Crippen LogP contribution in [0.2, 0.25) is 0 Å². The third-order valence-electron chi connectivity index (χ3n) is 3.03. The highest BCUT2D eigenvalue weighted by Crippen LogP contribution is 2.31. The molecule has 2 unspecified atom stereocenters. The molecule has 1 aromatic heterocycles. The number of thiazole rings is 1. The van der Waals surface area contributed by atoms with Gasteiger partial charge in [0, 0.05) is 10.9 Å². The molecule has 1 aliphatic heterocycles. The van der Waals surface area contributed by atoms with Crippen LogP contribution in [0.5, 0.6) is 0 Å². The molecule has 0 spiro atoms. The Labute approximate surface area is 113 Å². The van der Waals surface area contributed by atoms with E-state index in [9.17, 15) is 0 Å². The predicted molar refractivity (Wildman–Crippen MR) is 73.1 cm³/mol. The lowest BCUT2D eigenvalue weighted by atomic mass is 10.2. The summed E-state index contributed by atoms with van der Waals surface area (Å²) in [6, 6.07) is 0.362. The van der Waals surface area contributed by atoms with Gasteiger partial charge in [-0.3, -0.25) is 0 Å². The van der Waals surface area contributed by atoms with Gasteiger partial charge in [-0.2, -0.15) is 0 Å². The van der Waals surface area contributed by atoms with Gasteiger partial charge in [0.05, 0.1) is 25.5 Å². The number of ether oxygens (including phenoxy) is 2. The van der Waals surface area contributed by atoms with E-state index in [4.69, 9.17) is 9.47 Å². The highest BCUT2D eigenvalue weighted by molar-refractivity contribution is 7.11. The van der Waals surface area contributed by atoms with Gasteiger partial charge in [0.25, 0.3) is 0 Å². The van der Waals surface area contributed by atoms with E-state index in [0.717, 1.165) is 23.7 Å². The van der Waals surface area contributed by atoms with Gasteiger partial charge in [-0.25, -0.2) is 4.98 Å². The van der Waals surface area contributed by atoms with E-state index >= 15 is 0 Å². The SMILES string of the molecule is CCCNC(C)c1sc(C2COCCO2)nc1C. The predicted octanol–water partition coefficient (Wildman–Crippen LogP) is 2.60. The molecule has 2 atom stereocenters. The minimum Gasteiger partial charge on any atom is -0.376 e. The molecule has 5 heteroatoms. The average molecular weight is 270 g/mol. The third-order valence-corrected chi connectivity index (χ3v) is 4.47. The number of nitrogens with zero attached hydrogens (tertiary/aromatic N) is 1. The van der Waals surface area contributed by atoms with E-state index in [1.807, 2.05) is 0 Å². The van der Waals surface area contributed by atoms with Gasteiger partial charge in [-0.05, 0) is 26.8 Å². The monoisotopic (exact) mass is 270 g/mol. The highest BCUT2D eigenvalue weighted by Gasteiger charge is 2.23. The molecule has 0 amide bonds. The van der Waals surface area contributed by atoms with Crippen LogP contribution < -0.4 is 5.32 Å². The summed E-state index contributed by atoms with van der Waals surface area (Å²) in [6.07, 6.45) is 1.17. The first-order valence-electron chi connectivity index (χ1n) is 6.62. The fourth-order valence-electron chi connectivity index (χ4n) is 2.05. The number of rotatable bonds is 5. The Morgan fingerprint density at radius 1 is 1.50 bits per heavy atom. The van der Waals surface area contributed by atoms with E-state index in [2.05, 4.69) is 31.1 Å². The molecule has 0 aromatic carbocycles. The largest absolute Gasteiger partial charge is 0.376 e. The molecule has 18 heavy (non-hydrogen) atoms. The lowest BCUT2D eigenvalue weighted by Crippen LogP contribution is -2.21. The number of hydrogen-bond acceptors (Lipinski definition) is 5. The normalized spacial score (nSPS) is 22.1. The fourth-order valence-corrected chi connectivity index (χ4v) is 3.18. The van der Waals surface area contributed by atoms with Gasteiger partial charge in [0.15, 0.2) is 0 Å². The van der Waals surface area contributed by atoms with E-state index in [1.165, 1.54) is 4.88 Å². The molecule has 2 rings (SSSR count). The van der Waals surface area contributed by atoms with Crippen LogP contribution >= 0.6 is 11.3 Å². The van der Waals surface area contributed by atoms with Crippen molar-refractivity contribution in [1.29, 1.82) is 0 Å². The maximum Gasteiger partial charge on any atom is 0.132 e. The van der Waals surface area contributed by atoms with E-state index < -0.39 is 0 Å². The van der Waals surface area contributed by atoms with Crippen molar-refractivity contribution in [3.05, 3.63) is 15.6 Å². The summed E-state index contributed by atoms with van der Waals surface area (Å²) in [6.45, 7) is 9.48. The summed E-state index contributed by atoms with van der Waals surface area (Å²) in [5.41, 5.74) is 1.11. The number of aryl methyl sites for hydroxylation is 1. The average Bonchev–Trinajstić information content (AvgIpc) is 2.79. The first-order valence-corrected chi connectivity index (χ1v) is 7.44. The van der Waals surface area contributed by atoms with Gasteiger partial charge in [-0.1, -0.05) is 6.92 Å². The lowest BCUT2D eigenvalue weighted by Gasteiger charge is -2.20. The summed E-state index contributed by atoms with van der Waals surface area (Å²) in [7, 11) is 0. The van der Waals surface area contributed by atoms with Gasteiger partial charge in [0.2, 0.25) is 0 Å². The van der Waals surface area contributed by atoms with Crippen LogP contribution in [0.25, 0.3) is 0 Å². The van der Waals surface area contributed by atoms with Crippen molar-refractivity contribution in [2.45, 2.75) is 39.3 Å². The van der Waals surface area contributed by atoms with Crippen molar-refractivity contribution < 1.29 is 9.47 Å². The van der Waals surface area contributed by atoms with Gasteiger partial charge >= 0.3 is 0 Å². The second kappa shape index (κ2) is 6.61. The molecule has 102 valence electrons.